The number of hydrogen-bond donors (Lipinski definition) is 0. The van der Waals surface area contributed by atoms with Crippen molar-refractivity contribution in [2.24, 2.45) is 11.8 Å². The Morgan fingerprint density at radius 2 is 1.76 bits per heavy atom. The Hall–Kier alpha value is -1.88. The average Bonchev–Trinajstić information content (AvgIpc) is 3.20. The average molecular weight is 400 g/mol. The van der Waals surface area contributed by atoms with Crippen LogP contribution in [0.2, 0.25) is 0 Å². The van der Waals surface area contributed by atoms with Crippen LogP contribution in [0.5, 0.6) is 0 Å². The molecule has 0 bridgehead atoms. The number of fused-ring (bicyclic) bond motifs is 1. The van der Waals surface area contributed by atoms with Crippen molar-refractivity contribution in [2.75, 3.05) is 31.1 Å². The van der Waals surface area contributed by atoms with E-state index in [1.807, 2.05) is 30.5 Å². The zero-order valence-corrected chi connectivity index (χ0v) is 15.7. The van der Waals surface area contributed by atoms with E-state index in [2.05, 4.69) is 48.9 Å². The van der Waals surface area contributed by atoms with Crippen molar-refractivity contribution in [2.45, 2.75) is 12.8 Å². The number of benzene rings is 1. The Kier molecular flexibility index (Phi) is 4.75. The normalized spacial score (nSPS) is 22.3. The van der Waals surface area contributed by atoms with Gasteiger partial charge in [0.25, 0.3) is 0 Å². The molecule has 0 radical (unpaired) electrons. The van der Waals surface area contributed by atoms with E-state index in [1.165, 1.54) is 5.56 Å². The van der Waals surface area contributed by atoms with Gasteiger partial charge in [-0.2, -0.15) is 0 Å². The lowest BCUT2D eigenvalue weighted by atomic mass is 10.0. The number of nitrogens with zero attached hydrogens (tertiary/aromatic N) is 3. The second-order valence-electron chi connectivity index (χ2n) is 7.04. The summed E-state index contributed by atoms with van der Waals surface area (Å²) in [6.07, 6.45) is 3.30. The predicted octanol–water partition coefficient (Wildman–Crippen LogP) is 3.37. The second-order valence-corrected chi connectivity index (χ2v) is 7.96. The molecular weight excluding hydrogens is 378 g/mol. The maximum atomic E-state index is 12.5. The molecule has 2 saturated heterocycles. The zero-order chi connectivity index (χ0) is 17.2. The number of halogens is 1. The van der Waals surface area contributed by atoms with Gasteiger partial charge in [-0.05, 0) is 40.0 Å². The molecule has 2 aliphatic heterocycles. The summed E-state index contributed by atoms with van der Waals surface area (Å²) in [7, 11) is 0. The first kappa shape index (κ1) is 16.6. The maximum Gasteiger partial charge on any atom is 0.222 e. The fourth-order valence-corrected chi connectivity index (χ4v) is 4.23. The summed E-state index contributed by atoms with van der Waals surface area (Å²) in [4.78, 5) is 21.5. The number of carbonyl (C=O) groups is 1. The number of carbonyl (C=O) groups excluding carboxylic acids is 1. The van der Waals surface area contributed by atoms with E-state index in [1.54, 1.807) is 0 Å². The number of rotatable bonds is 4. The van der Waals surface area contributed by atoms with Crippen LogP contribution in [-0.2, 0) is 11.2 Å². The monoisotopic (exact) mass is 399 g/mol. The Balaban J connectivity index is 1.30. The van der Waals surface area contributed by atoms with Gasteiger partial charge in [-0.1, -0.05) is 30.3 Å². The van der Waals surface area contributed by atoms with E-state index in [-0.39, 0.29) is 0 Å². The molecule has 2 atom stereocenters. The van der Waals surface area contributed by atoms with Crippen LogP contribution < -0.4 is 4.90 Å². The van der Waals surface area contributed by atoms with Gasteiger partial charge in [0, 0.05) is 55.1 Å². The molecule has 0 aliphatic carbocycles. The topological polar surface area (TPSA) is 36.4 Å². The molecule has 4 nitrogen and oxygen atoms in total. The number of aromatic nitrogens is 1. The number of anilines is 1. The van der Waals surface area contributed by atoms with Gasteiger partial charge in [0.1, 0.15) is 5.82 Å². The molecule has 0 N–H and O–H groups in total. The smallest absolute Gasteiger partial charge is 0.222 e. The fourth-order valence-electron chi connectivity index (χ4n) is 3.99. The number of amides is 1. The van der Waals surface area contributed by atoms with Crippen LogP contribution in [-0.4, -0.2) is 42.0 Å². The van der Waals surface area contributed by atoms with Gasteiger partial charge >= 0.3 is 0 Å². The lowest BCUT2D eigenvalue weighted by Crippen LogP contribution is -2.33. The standard InChI is InChI=1S/C20H22BrN3O/c21-18-7-8-19(22-10-18)23-11-16-13-24(14-17(16)12-23)20(25)9-6-15-4-2-1-3-5-15/h1-5,7-8,10,16-17H,6,9,11-14H2. The summed E-state index contributed by atoms with van der Waals surface area (Å²) < 4.78 is 1.01. The highest BCUT2D eigenvalue weighted by atomic mass is 79.9. The second kappa shape index (κ2) is 7.16. The van der Waals surface area contributed by atoms with E-state index in [0.29, 0.717) is 24.2 Å². The molecule has 130 valence electrons. The van der Waals surface area contributed by atoms with Crippen molar-refractivity contribution in [3.8, 4) is 0 Å². The Morgan fingerprint density at radius 3 is 2.40 bits per heavy atom. The predicted molar refractivity (Wildman–Crippen MR) is 102 cm³/mol. The number of aryl methyl sites for hydroxylation is 1. The van der Waals surface area contributed by atoms with Gasteiger partial charge < -0.3 is 9.80 Å². The van der Waals surface area contributed by atoms with Crippen molar-refractivity contribution in [1.82, 2.24) is 9.88 Å². The van der Waals surface area contributed by atoms with Gasteiger partial charge in [0.2, 0.25) is 5.91 Å². The van der Waals surface area contributed by atoms with E-state index < -0.39 is 0 Å². The molecule has 2 fully saturated rings. The Labute approximate surface area is 157 Å². The highest BCUT2D eigenvalue weighted by Gasteiger charge is 2.41. The molecule has 2 unspecified atom stereocenters. The van der Waals surface area contributed by atoms with E-state index in [9.17, 15) is 4.79 Å². The van der Waals surface area contributed by atoms with E-state index in [0.717, 1.165) is 42.9 Å². The summed E-state index contributed by atoms with van der Waals surface area (Å²) in [5.41, 5.74) is 1.24. The summed E-state index contributed by atoms with van der Waals surface area (Å²) >= 11 is 3.43. The van der Waals surface area contributed by atoms with Crippen molar-refractivity contribution >= 4 is 27.7 Å². The first-order valence-corrected chi connectivity index (χ1v) is 9.66. The number of likely N-dealkylation sites (tertiary alicyclic amines) is 1. The highest BCUT2D eigenvalue weighted by Crippen LogP contribution is 2.33. The largest absolute Gasteiger partial charge is 0.356 e. The molecule has 1 aromatic carbocycles. The molecule has 5 heteroatoms. The van der Waals surface area contributed by atoms with Gasteiger partial charge in [0.05, 0.1) is 0 Å². The summed E-state index contributed by atoms with van der Waals surface area (Å²) in [5.74, 6) is 2.49. The molecule has 0 saturated carbocycles. The van der Waals surface area contributed by atoms with E-state index >= 15 is 0 Å². The minimum atomic E-state index is 0.298. The molecule has 2 aliphatic rings. The zero-order valence-electron chi connectivity index (χ0n) is 14.1. The van der Waals surface area contributed by atoms with Crippen LogP contribution in [0.4, 0.5) is 5.82 Å². The third-order valence-electron chi connectivity index (χ3n) is 5.35. The lowest BCUT2D eigenvalue weighted by molar-refractivity contribution is -0.130. The molecule has 25 heavy (non-hydrogen) atoms. The van der Waals surface area contributed by atoms with Crippen LogP contribution in [0.1, 0.15) is 12.0 Å². The van der Waals surface area contributed by atoms with Crippen molar-refractivity contribution in [1.29, 1.82) is 0 Å². The summed E-state index contributed by atoms with van der Waals surface area (Å²) in [6.45, 7) is 3.79. The first-order valence-electron chi connectivity index (χ1n) is 8.87. The van der Waals surface area contributed by atoms with Crippen LogP contribution in [0, 0.1) is 11.8 Å². The minimum absolute atomic E-state index is 0.298. The minimum Gasteiger partial charge on any atom is -0.356 e. The maximum absolute atomic E-state index is 12.5. The Bertz CT molecular complexity index is 720. The van der Waals surface area contributed by atoms with Crippen LogP contribution in [0.15, 0.2) is 53.1 Å². The van der Waals surface area contributed by atoms with Crippen molar-refractivity contribution in [3.05, 3.63) is 58.7 Å². The van der Waals surface area contributed by atoms with Gasteiger partial charge in [-0.25, -0.2) is 4.98 Å². The van der Waals surface area contributed by atoms with Gasteiger partial charge in [0.15, 0.2) is 0 Å². The number of hydrogen-bond acceptors (Lipinski definition) is 3. The van der Waals surface area contributed by atoms with Crippen LogP contribution >= 0.6 is 15.9 Å². The summed E-state index contributed by atoms with van der Waals surface area (Å²) in [6, 6.07) is 14.4. The van der Waals surface area contributed by atoms with Crippen molar-refractivity contribution < 1.29 is 4.79 Å². The third-order valence-corrected chi connectivity index (χ3v) is 5.81. The Morgan fingerprint density at radius 1 is 1.04 bits per heavy atom. The molecule has 4 rings (SSSR count). The highest BCUT2D eigenvalue weighted by molar-refractivity contribution is 9.10. The first-order chi connectivity index (χ1) is 12.2. The molecule has 1 aromatic heterocycles. The van der Waals surface area contributed by atoms with Gasteiger partial charge in [-0.3, -0.25) is 4.79 Å². The molecular formula is C20H22BrN3O. The molecule has 0 spiro atoms. The van der Waals surface area contributed by atoms with Crippen LogP contribution in [0.3, 0.4) is 0 Å². The number of pyridine rings is 1. The van der Waals surface area contributed by atoms with Crippen LogP contribution in [0.25, 0.3) is 0 Å². The SMILES string of the molecule is O=C(CCc1ccccc1)N1CC2CN(c3ccc(Br)cn3)CC2C1. The quantitative estimate of drug-likeness (QED) is 0.790. The molecule has 1 amide bonds. The third kappa shape index (κ3) is 3.71. The molecule has 2 aromatic rings. The lowest BCUT2D eigenvalue weighted by Gasteiger charge is -2.22. The fraction of sp³-hybridized carbons (Fsp3) is 0.400. The molecule has 3 heterocycles. The van der Waals surface area contributed by atoms with Gasteiger partial charge in [-0.15, -0.1) is 0 Å². The summed E-state index contributed by atoms with van der Waals surface area (Å²) in [5, 5.41) is 0. The van der Waals surface area contributed by atoms with E-state index in [4.69, 9.17) is 0 Å². The van der Waals surface area contributed by atoms with Crippen molar-refractivity contribution in [3.63, 3.8) is 0 Å².